The Morgan fingerprint density at radius 2 is 2.24 bits per heavy atom. The molecule has 1 fully saturated rings. The largest absolute Gasteiger partial charge is 0.376 e. The summed E-state index contributed by atoms with van der Waals surface area (Å²) in [6, 6.07) is 9.51. The zero-order valence-electron chi connectivity index (χ0n) is 14.9. The lowest BCUT2D eigenvalue weighted by Gasteiger charge is -2.26. The molecule has 1 aliphatic heterocycles. The van der Waals surface area contributed by atoms with Crippen LogP contribution >= 0.6 is 0 Å². The number of hydrogen-bond acceptors (Lipinski definition) is 4. The molecule has 134 valence electrons. The zero-order chi connectivity index (χ0) is 17.6. The van der Waals surface area contributed by atoms with Gasteiger partial charge in [0.15, 0.2) is 0 Å². The van der Waals surface area contributed by atoms with Gasteiger partial charge in [-0.3, -0.25) is 14.4 Å². The lowest BCUT2D eigenvalue weighted by atomic mass is 10.0. The topological polar surface area (TPSA) is 59.4 Å². The van der Waals surface area contributed by atoms with Crippen LogP contribution in [0.5, 0.6) is 0 Å². The number of carbonyl (C=O) groups is 1. The summed E-state index contributed by atoms with van der Waals surface area (Å²) in [5.41, 5.74) is 1.70. The van der Waals surface area contributed by atoms with Crippen LogP contribution in [-0.2, 0) is 16.1 Å². The minimum absolute atomic E-state index is 0.0489. The molecule has 0 bridgehead atoms. The first-order valence-corrected chi connectivity index (χ1v) is 8.87. The Hall–Kier alpha value is -2.18. The molecule has 1 N–H and O–H groups in total. The van der Waals surface area contributed by atoms with E-state index >= 15 is 0 Å². The third-order valence-electron chi connectivity index (χ3n) is 4.62. The zero-order valence-corrected chi connectivity index (χ0v) is 14.9. The first kappa shape index (κ1) is 17.6. The van der Waals surface area contributed by atoms with Crippen molar-refractivity contribution in [3.05, 3.63) is 48.3 Å². The van der Waals surface area contributed by atoms with Crippen molar-refractivity contribution in [1.82, 2.24) is 14.7 Å². The number of amides is 1. The van der Waals surface area contributed by atoms with Crippen LogP contribution in [0.4, 0.5) is 5.69 Å². The van der Waals surface area contributed by atoms with E-state index in [0.29, 0.717) is 5.69 Å². The van der Waals surface area contributed by atoms with Crippen LogP contribution in [0.2, 0.25) is 0 Å². The van der Waals surface area contributed by atoms with Crippen molar-refractivity contribution in [2.75, 3.05) is 25.5 Å². The lowest BCUT2D eigenvalue weighted by molar-refractivity contribution is -0.121. The van der Waals surface area contributed by atoms with Crippen molar-refractivity contribution in [3.63, 3.8) is 0 Å². The van der Waals surface area contributed by atoms with Gasteiger partial charge in [-0.1, -0.05) is 37.3 Å². The summed E-state index contributed by atoms with van der Waals surface area (Å²) >= 11 is 0. The molecule has 0 radical (unpaired) electrons. The standard InChI is InChI=1S/C19H26N4O2/c1-3-22(2)18(15-8-5-4-6-9-15)19(24)21-16-12-20-23(13-16)14-17-10-7-11-25-17/h4-6,8-9,12-13,17-18H,3,7,10-11,14H2,1-2H3,(H,21,24). The minimum atomic E-state index is -0.326. The highest BCUT2D eigenvalue weighted by molar-refractivity contribution is 5.95. The van der Waals surface area contributed by atoms with E-state index in [9.17, 15) is 4.79 Å². The van der Waals surface area contributed by atoms with E-state index in [0.717, 1.165) is 38.1 Å². The van der Waals surface area contributed by atoms with Gasteiger partial charge < -0.3 is 10.1 Å². The first-order valence-electron chi connectivity index (χ1n) is 8.87. The summed E-state index contributed by atoms with van der Waals surface area (Å²) in [5.74, 6) is -0.0489. The maximum Gasteiger partial charge on any atom is 0.246 e. The van der Waals surface area contributed by atoms with Crippen LogP contribution in [-0.4, -0.2) is 46.9 Å². The van der Waals surface area contributed by atoms with Crippen LogP contribution in [0, 0.1) is 0 Å². The molecule has 1 aromatic carbocycles. The fourth-order valence-corrected chi connectivity index (χ4v) is 3.16. The van der Waals surface area contributed by atoms with Gasteiger partial charge in [0.2, 0.25) is 5.91 Å². The minimum Gasteiger partial charge on any atom is -0.376 e. The predicted octanol–water partition coefficient (Wildman–Crippen LogP) is 2.69. The Kier molecular flexibility index (Phi) is 5.83. The van der Waals surface area contributed by atoms with Crippen molar-refractivity contribution >= 4 is 11.6 Å². The molecule has 2 heterocycles. The van der Waals surface area contributed by atoms with Gasteiger partial charge >= 0.3 is 0 Å². The van der Waals surface area contributed by atoms with E-state index in [1.807, 2.05) is 60.1 Å². The number of anilines is 1. The van der Waals surface area contributed by atoms with Crippen LogP contribution in [0.25, 0.3) is 0 Å². The summed E-state index contributed by atoms with van der Waals surface area (Å²) < 4.78 is 7.47. The number of nitrogens with one attached hydrogen (secondary N) is 1. The summed E-state index contributed by atoms with van der Waals surface area (Å²) in [6.45, 7) is 4.39. The van der Waals surface area contributed by atoms with Gasteiger partial charge in [-0.05, 0) is 32.0 Å². The molecule has 1 aliphatic rings. The van der Waals surface area contributed by atoms with E-state index in [4.69, 9.17) is 4.74 Å². The third-order valence-corrected chi connectivity index (χ3v) is 4.62. The first-order chi connectivity index (χ1) is 12.2. The highest BCUT2D eigenvalue weighted by Gasteiger charge is 2.24. The number of nitrogens with zero attached hydrogens (tertiary/aromatic N) is 3. The second kappa shape index (κ2) is 8.27. The molecule has 0 aliphatic carbocycles. The molecular formula is C19H26N4O2. The molecule has 2 aromatic rings. The molecule has 6 heteroatoms. The second-order valence-electron chi connectivity index (χ2n) is 6.46. The maximum atomic E-state index is 12.9. The number of hydrogen-bond donors (Lipinski definition) is 1. The van der Waals surface area contributed by atoms with Crippen LogP contribution in [0.3, 0.4) is 0 Å². The Balaban J connectivity index is 1.67. The van der Waals surface area contributed by atoms with Gasteiger partial charge in [0.05, 0.1) is 24.5 Å². The molecule has 1 saturated heterocycles. The van der Waals surface area contributed by atoms with Crippen LogP contribution in [0.1, 0.15) is 31.4 Å². The Morgan fingerprint density at radius 3 is 2.92 bits per heavy atom. The van der Waals surface area contributed by atoms with E-state index in [2.05, 4.69) is 10.4 Å². The molecule has 3 rings (SSSR count). The van der Waals surface area contributed by atoms with Gasteiger partial charge in [-0.2, -0.15) is 5.10 Å². The molecule has 0 spiro atoms. The number of aromatic nitrogens is 2. The third kappa shape index (κ3) is 4.46. The Labute approximate surface area is 148 Å². The molecule has 2 unspecified atom stereocenters. The van der Waals surface area contributed by atoms with Crippen molar-refractivity contribution in [1.29, 1.82) is 0 Å². The maximum absolute atomic E-state index is 12.9. The fraction of sp³-hybridized carbons (Fsp3) is 0.474. The van der Waals surface area contributed by atoms with Gasteiger partial charge in [-0.15, -0.1) is 0 Å². The monoisotopic (exact) mass is 342 g/mol. The molecule has 0 saturated carbocycles. The number of likely N-dealkylation sites (N-methyl/N-ethyl adjacent to an activating group) is 1. The summed E-state index contributed by atoms with van der Waals surface area (Å²) in [4.78, 5) is 14.9. The number of carbonyl (C=O) groups excluding carboxylic acids is 1. The highest BCUT2D eigenvalue weighted by Crippen LogP contribution is 2.21. The fourth-order valence-electron chi connectivity index (χ4n) is 3.16. The average molecular weight is 342 g/mol. The lowest BCUT2D eigenvalue weighted by Crippen LogP contribution is -2.34. The number of ether oxygens (including phenoxy) is 1. The average Bonchev–Trinajstić information content (AvgIpc) is 3.28. The quantitative estimate of drug-likeness (QED) is 0.840. The van der Waals surface area contributed by atoms with E-state index < -0.39 is 0 Å². The smallest absolute Gasteiger partial charge is 0.246 e. The van der Waals surface area contributed by atoms with Crippen molar-refractivity contribution in [2.24, 2.45) is 0 Å². The molecular weight excluding hydrogens is 316 g/mol. The molecule has 1 aromatic heterocycles. The van der Waals surface area contributed by atoms with E-state index in [-0.39, 0.29) is 18.1 Å². The van der Waals surface area contributed by atoms with Gasteiger partial charge in [0, 0.05) is 12.8 Å². The van der Waals surface area contributed by atoms with E-state index in [1.165, 1.54) is 0 Å². The van der Waals surface area contributed by atoms with Crippen molar-refractivity contribution < 1.29 is 9.53 Å². The van der Waals surface area contributed by atoms with Gasteiger partial charge in [0.1, 0.15) is 6.04 Å². The SMILES string of the molecule is CCN(C)C(C(=O)Nc1cnn(CC2CCCO2)c1)c1ccccc1. The van der Waals surface area contributed by atoms with Gasteiger partial charge in [0.25, 0.3) is 0 Å². The summed E-state index contributed by atoms with van der Waals surface area (Å²) in [6.07, 6.45) is 5.97. The highest BCUT2D eigenvalue weighted by atomic mass is 16.5. The van der Waals surface area contributed by atoms with E-state index in [1.54, 1.807) is 6.20 Å². The second-order valence-corrected chi connectivity index (χ2v) is 6.46. The predicted molar refractivity (Wildman–Crippen MR) is 97.3 cm³/mol. The Bertz CT molecular complexity index is 680. The van der Waals surface area contributed by atoms with Crippen LogP contribution < -0.4 is 5.32 Å². The van der Waals surface area contributed by atoms with Gasteiger partial charge in [-0.25, -0.2) is 0 Å². The Morgan fingerprint density at radius 1 is 1.44 bits per heavy atom. The van der Waals surface area contributed by atoms with Crippen LogP contribution in [0.15, 0.2) is 42.7 Å². The molecule has 2 atom stereocenters. The molecule has 25 heavy (non-hydrogen) atoms. The normalized spacial score (nSPS) is 18.4. The summed E-state index contributed by atoms with van der Waals surface area (Å²) in [7, 11) is 1.96. The number of rotatable bonds is 7. The molecule has 1 amide bonds. The van der Waals surface area contributed by atoms with Crippen molar-refractivity contribution in [3.8, 4) is 0 Å². The van der Waals surface area contributed by atoms with Crippen molar-refractivity contribution in [2.45, 2.75) is 38.5 Å². The number of benzene rings is 1. The molecule has 6 nitrogen and oxygen atoms in total. The summed E-state index contributed by atoms with van der Waals surface area (Å²) in [5, 5.41) is 7.33.